The average molecular weight is 141 g/mol. The van der Waals surface area contributed by atoms with Gasteiger partial charge in [0.05, 0.1) is 6.61 Å². The Bertz CT molecular complexity index is 151. The summed E-state index contributed by atoms with van der Waals surface area (Å²) in [6.45, 7) is 10.8. The molecule has 0 aromatic heterocycles. The maximum atomic E-state index is 5.42. The van der Waals surface area contributed by atoms with Crippen molar-refractivity contribution in [2.45, 2.75) is 32.5 Å². The molecule has 2 heteroatoms. The van der Waals surface area contributed by atoms with Crippen molar-refractivity contribution in [1.29, 1.82) is 0 Å². The zero-order chi connectivity index (χ0) is 7.78. The molecule has 10 heavy (non-hydrogen) atoms. The Morgan fingerprint density at radius 1 is 1.70 bits per heavy atom. The van der Waals surface area contributed by atoms with Crippen LogP contribution in [0.25, 0.3) is 0 Å². The molecule has 0 spiro atoms. The molecule has 1 fully saturated rings. The van der Waals surface area contributed by atoms with Gasteiger partial charge < -0.3 is 4.74 Å². The van der Waals surface area contributed by atoms with Crippen LogP contribution in [0.5, 0.6) is 0 Å². The van der Waals surface area contributed by atoms with Crippen LogP contribution in [-0.2, 0) is 4.74 Å². The van der Waals surface area contributed by atoms with Crippen molar-refractivity contribution in [3.8, 4) is 0 Å². The van der Waals surface area contributed by atoms with Crippen LogP contribution in [0.3, 0.4) is 0 Å². The van der Waals surface area contributed by atoms with Crippen LogP contribution >= 0.6 is 0 Å². The maximum Gasteiger partial charge on any atom is 0.130 e. The summed E-state index contributed by atoms with van der Waals surface area (Å²) in [5.41, 5.74) is 1.16. The van der Waals surface area contributed by atoms with Gasteiger partial charge in [-0.15, -0.1) is 0 Å². The van der Waals surface area contributed by atoms with Gasteiger partial charge in [-0.05, 0) is 26.3 Å². The van der Waals surface area contributed by atoms with Crippen molar-refractivity contribution >= 4 is 0 Å². The van der Waals surface area contributed by atoms with Gasteiger partial charge in [0.25, 0.3) is 0 Å². The first kappa shape index (κ1) is 7.76. The minimum atomic E-state index is 0.0648. The van der Waals surface area contributed by atoms with E-state index in [1.54, 1.807) is 0 Å². The largest absolute Gasteiger partial charge is 0.358 e. The molecule has 0 amide bonds. The van der Waals surface area contributed by atoms with Gasteiger partial charge in [-0.2, -0.15) is 0 Å². The monoisotopic (exact) mass is 141 g/mol. The van der Waals surface area contributed by atoms with Crippen molar-refractivity contribution in [3.05, 3.63) is 12.2 Å². The van der Waals surface area contributed by atoms with Crippen LogP contribution < -0.4 is 5.32 Å². The highest BCUT2D eigenvalue weighted by Crippen LogP contribution is 2.17. The van der Waals surface area contributed by atoms with Crippen molar-refractivity contribution < 1.29 is 4.74 Å². The maximum absolute atomic E-state index is 5.42. The summed E-state index contributed by atoms with van der Waals surface area (Å²) in [6.07, 6.45) is 0.0648. The normalized spacial score (nSPS) is 30.5. The van der Waals surface area contributed by atoms with Gasteiger partial charge in [0.2, 0.25) is 0 Å². The minimum absolute atomic E-state index is 0.0648. The van der Waals surface area contributed by atoms with Crippen molar-refractivity contribution in [2.24, 2.45) is 0 Å². The second-order valence-electron chi connectivity index (χ2n) is 3.57. The Balaban J connectivity index is 2.51. The van der Waals surface area contributed by atoms with Crippen LogP contribution in [-0.4, -0.2) is 18.4 Å². The lowest BCUT2D eigenvalue weighted by Crippen LogP contribution is -2.39. The number of hydrogen-bond acceptors (Lipinski definition) is 2. The summed E-state index contributed by atoms with van der Waals surface area (Å²) in [7, 11) is 0. The molecule has 58 valence electrons. The highest BCUT2D eigenvalue weighted by molar-refractivity contribution is 5.02. The molecule has 1 aliphatic rings. The summed E-state index contributed by atoms with van der Waals surface area (Å²) in [6, 6.07) is 0. The van der Waals surface area contributed by atoms with Crippen LogP contribution in [0, 0.1) is 0 Å². The van der Waals surface area contributed by atoms with Crippen LogP contribution in [0.2, 0.25) is 0 Å². The minimum Gasteiger partial charge on any atom is -0.358 e. The van der Waals surface area contributed by atoms with E-state index in [-0.39, 0.29) is 11.8 Å². The number of hydrogen-bond donors (Lipinski definition) is 1. The lowest BCUT2D eigenvalue weighted by molar-refractivity contribution is 0.124. The van der Waals surface area contributed by atoms with Crippen molar-refractivity contribution in [2.75, 3.05) is 6.61 Å². The molecule has 1 aliphatic heterocycles. The van der Waals surface area contributed by atoms with E-state index in [1.165, 1.54) is 0 Å². The van der Waals surface area contributed by atoms with E-state index in [0.717, 1.165) is 12.2 Å². The summed E-state index contributed by atoms with van der Waals surface area (Å²) in [5, 5.41) is 3.31. The quantitative estimate of drug-likeness (QED) is 0.555. The first-order valence-electron chi connectivity index (χ1n) is 3.56. The lowest BCUT2D eigenvalue weighted by Gasteiger charge is -2.16. The van der Waals surface area contributed by atoms with Crippen LogP contribution in [0.15, 0.2) is 12.2 Å². The van der Waals surface area contributed by atoms with Gasteiger partial charge in [0, 0.05) is 5.54 Å². The second kappa shape index (κ2) is 2.36. The van der Waals surface area contributed by atoms with E-state index in [0.29, 0.717) is 0 Å². The number of ether oxygens (including phenoxy) is 1. The molecule has 0 aromatic carbocycles. The molecule has 0 aliphatic carbocycles. The van der Waals surface area contributed by atoms with Crippen LogP contribution in [0.4, 0.5) is 0 Å². The molecule has 1 unspecified atom stereocenters. The Morgan fingerprint density at radius 3 is 2.50 bits per heavy atom. The molecular weight excluding hydrogens is 126 g/mol. The zero-order valence-corrected chi connectivity index (χ0v) is 6.90. The highest BCUT2D eigenvalue weighted by atomic mass is 16.5. The van der Waals surface area contributed by atoms with Crippen molar-refractivity contribution in [3.63, 3.8) is 0 Å². The van der Waals surface area contributed by atoms with E-state index < -0.39 is 0 Å². The molecular formula is C8H15NO. The molecule has 0 saturated carbocycles. The second-order valence-corrected chi connectivity index (χ2v) is 3.57. The van der Waals surface area contributed by atoms with Gasteiger partial charge in [-0.3, -0.25) is 5.32 Å². The predicted octanol–water partition coefficient (Wildman–Crippen LogP) is 1.29. The summed E-state index contributed by atoms with van der Waals surface area (Å²) in [5.74, 6) is 0. The molecule has 2 nitrogen and oxygen atoms in total. The fourth-order valence-corrected chi connectivity index (χ4v) is 0.995. The van der Waals surface area contributed by atoms with E-state index in [1.807, 2.05) is 6.92 Å². The van der Waals surface area contributed by atoms with Gasteiger partial charge in [0.15, 0.2) is 0 Å². The summed E-state index contributed by atoms with van der Waals surface area (Å²) < 4.78 is 5.42. The Kier molecular flexibility index (Phi) is 1.84. The van der Waals surface area contributed by atoms with Gasteiger partial charge in [-0.1, -0.05) is 6.58 Å². The smallest absolute Gasteiger partial charge is 0.130 e. The highest BCUT2D eigenvalue weighted by Gasteiger charge is 2.30. The lowest BCUT2D eigenvalue weighted by atomic mass is 10.1. The van der Waals surface area contributed by atoms with Crippen LogP contribution in [0.1, 0.15) is 20.8 Å². The molecule has 1 saturated heterocycles. The predicted molar refractivity (Wildman–Crippen MR) is 41.8 cm³/mol. The third kappa shape index (κ3) is 1.58. The SMILES string of the molecule is C=C(C)C1NC(C)(C)CO1. The third-order valence-electron chi connectivity index (χ3n) is 1.58. The Labute approximate surface area is 62.3 Å². The van der Waals surface area contributed by atoms with Gasteiger partial charge in [0.1, 0.15) is 6.23 Å². The zero-order valence-electron chi connectivity index (χ0n) is 6.90. The molecule has 1 N–H and O–H groups in total. The van der Waals surface area contributed by atoms with E-state index >= 15 is 0 Å². The van der Waals surface area contributed by atoms with Crippen molar-refractivity contribution in [1.82, 2.24) is 5.32 Å². The molecule has 0 aromatic rings. The first-order valence-corrected chi connectivity index (χ1v) is 3.56. The molecule has 0 radical (unpaired) electrons. The topological polar surface area (TPSA) is 21.3 Å². The van der Waals surface area contributed by atoms with Gasteiger partial charge in [-0.25, -0.2) is 0 Å². The molecule has 0 bridgehead atoms. The fraction of sp³-hybridized carbons (Fsp3) is 0.750. The van der Waals surface area contributed by atoms with E-state index in [2.05, 4.69) is 25.7 Å². The molecule has 1 heterocycles. The fourth-order valence-electron chi connectivity index (χ4n) is 0.995. The Morgan fingerprint density at radius 2 is 2.30 bits per heavy atom. The molecule has 1 atom stereocenters. The molecule has 1 rings (SSSR count). The Hall–Kier alpha value is -0.340. The number of nitrogens with one attached hydrogen (secondary N) is 1. The summed E-state index contributed by atoms with van der Waals surface area (Å²) in [4.78, 5) is 0. The summed E-state index contributed by atoms with van der Waals surface area (Å²) >= 11 is 0. The first-order chi connectivity index (χ1) is 4.51. The van der Waals surface area contributed by atoms with E-state index in [9.17, 15) is 0 Å². The number of rotatable bonds is 1. The third-order valence-corrected chi connectivity index (χ3v) is 1.58. The standard InChI is InChI=1S/C8H15NO/c1-6(2)7-9-8(3,4)5-10-7/h7,9H,1,5H2,2-4H3. The van der Waals surface area contributed by atoms with E-state index in [4.69, 9.17) is 4.74 Å². The average Bonchev–Trinajstić information content (AvgIpc) is 2.10. The van der Waals surface area contributed by atoms with Gasteiger partial charge >= 0.3 is 0 Å².